The van der Waals surface area contributed by atoms with Gasteiger partial charge in [-0.3, -0.25) is 4.79 Å². The summed E-state index contributed by atoms with van der Waals surface area (Å²) >= 11 is 0. The van der Waals surface area contributed by atoms with Gasteiger partial charge in [-0.15, -0.1) is 0 Å². The molecule has 0 saturated carbocycles. The molecular weight excluding hydrogens is 268 g/mol. The van der Waals surface area contributed by atoms with Crippen molar-refractivity contribution in [3.05, 3.63) is 35.4 Å². The van der Waals surface area contributed by atoms with Gasteiger partial charge in [-0.2, -0.15) is 0 Å². The number of ether oxygens (including phenoxy) is 1. The van der Waals surface area contributed by atoms with Crippen LogP contribution in [0.1, 0.15) is 19.4 Å². The molecule has 1 N–H and O–H groups in total. The summed E-state index contributed by atoms with van der Waals surface area (Å²) in [5.41, 5.74) is 2.78. The highest BCUT2D eigenvalue weighted by Crippen LogP contribution is 2.18. The van der Waals surface area contributed by atoms with Crippen LogP contribution in [0.15, 0.2) is 35.0 Å². The molecule has 0 aromatic heterocycles. The number of carbonyl (C=O) groups excluding carboxylic acids is 1. The minimum atomic E-state index is -0.123. The predicted octanol–water partition coefficient (Wildman–Crippen LogP) is 2.35. The van der Waals surface area contributed by atoms with Gasteiger partial charge in [-0.05, 0) is 37.6 Å². The second-order valence-corrected chi connectivity index (χ2v) is 4.99. The first kappa shape index (κ1) is 15.3. The molecule has 21 heavy (non-hydrogen) atoms. The summed E-state index contributed by atoms with van der Waals surface area (Å²) in [5, 5.41) is 11.9. The minimum Gasteiger partial charge on any atom is -0.411 e. The first-order chi connectivity index (χ1) is 10.1. The van der Waals surface area contributed by atoms with Gasteiger partial charge in [-0.1, -0.05) is 17.3 Å². The number of anilines is 1. The number of Topliss-reactive ketones (excluding diaryl/α,β-unsaturated/α-hetero) is 1. The molecule has 1 aliphatic heterocycles. The summed E-state index contributed by atoms with van der Waals surface area (Å²) in [7, 11) is 0. The van der Waals surface area contributed by atoms with E-state index in [0.717, 1.165) is 37.6 Å². The van der Waals surface area contributed by atoms with Gasteiger partial charge >= 0.3 is 0 Å². The summed E-state index contributed by atoms with van der Waals surface area (Å²) in [6, 6.07) is 7.97. The van der Waals surface area contributed by atoms with Crippen molar-refractivity contribution in [2.45, 2.75) is 13.8 Å². The van der Waals surface area contributed by atoms with Crippen molar-refractivity contribution in [3.63, 3.8) is 0 Å². The molecule has 5 nitrogen and oxygen atoms in total. The van der Waals surface area contributed by atoms with Crippen molar-refractivity contribution in [2.24, 2.45) is 5.16 Å². The van der Waals surface area contributed by atoms with E-state index in [0.29, 0.717) is 11.3 Å². The van der Waals surface area contributed by atoms with E-state index >= 15 is 0 Å². The Hall–Kier alpha value is -2.14. The Balaban J connectivity index is 2.19. The first-order valence-electron chi connectivity index (χ1n) is 6.96. The molecule has 1 aromatic rings. The number of rotatable bonds is 4. The first-order valence-corrected chi connectivity index (χ1v) is 6.96. The van der Waals surface area contributed by atoms with Gasteiger partial charge in [0.2, 0.25) is 0 Å². The lowest BCUT2D eigenvalue weighted by Gasteiger charge is -2.28. The largest absolute Gasteiger partial charge is 0.411 e. The average molecular weight is 288 g/mol. The van der Waals surface area contributed by atoms with Crippen LogP contribution in [0.3, 0.4) is 0 Å². The van der Waals surface area contributed by atoms with Gasteiger partial charge in [0.05, 0.1) is 18.9 Å². The smallest absolute Gasteiger partial charge is 0.161 e. The van der Waals surface area contributed by atoms with Gasteiger partial charge in [-0.25, -0.2) is 0 Å². The molecule has 0 unspecified atom stereocenters. The van der Waals surface area contributed by atoms with Crippen LogP contribution in [0, 0.1) is 0 Å². The predicted molar refractivity (Wildman–Crippen MR) is 83.0 cm³/mol. The Bertz CT molecular complexity index is 555. The summed E-state index contributed by atoms with van der Waals surface area (Å²) in [4.78, 5) is 13.8. The molecule has 5 heteroatoms. The van der Waals surface area contributed by atoms with Gasteiger partial charge in [0.1, 0.15) is 0 Å². The van der Waals surface area contributed by atoms with Crippen LogP contribution < -0.4 is 4.90 Å². The minimum absolute atomic E-state index is 0.123. The third-order valence-corrected chi connectivity index (χ3v) is 3.50. The third kappa shape index (κ3) is 3.92. The number of benzene rings is 1. The van der Waals surface area contributed by atoms with Crippen LogP contribution in [-0.4, -0.2) is 43.0 Å². The molecule has 0 amide bonds. The van der Waals surface area contributed by atoms with E-state index in [-0.39, 0.29) is 5.78 Å². The van der Waals surface area contributed by atoms with Crippen molar-refractivity contribution >= 4 is 23.3 Å². The molecule has 0 bridgehead atoms. The van der Waals surface area contributed by atoms with Crippen LogP contribution in [0.4, 0.5) is 5.69 Å². The molecule has 1 heterocycles. The molecule has 0 atom stereocenters. The lowest BCUT2D eigenvalue weighted by molar-refractivity contribution is -0.113. The fourth-order valence-corrected chi connectivity index (χ4v) is 2.28. The number of hydrogen-bond acceptors (Lipinski definition) is 5. The van der Waals surface area contributed by atoms with E-state index in [2.05, 4.69) is 10.1 Å². The highest BCUT2D eigenvalue weighted by molar-refractivity contribution is 6.23. The van der Waals surface area contributed by atoms with Crippen molar-refractivity contribution in [1.29, 1.82) is 0 Å². The molecule has 0 radical (unpaired) electrons. The summed E-state index contributed by atoms with van der Waals surface area (Å²) in [6.07, 6.45) is 1.74. The third-order valence-electron chi connectivity index (χ3n) is 3.50. The normalized spacial score (nSPS) is 17.0. The standard InChI is InChI=1S/C16H20N2O3/c1-12(17-20)16(13(2)19)11-14-3-5-15(6-4-14)18-7-9-21-10-8-18/h3-6,11,20H,7-10H2,1-2H3/b16-11+,17-12+. The van der Waals surface area contributed by atoms with Crippen LogP contribution in [-0.2, 0) is 9.53 Å². The van der Waals surface area contributed by atoms with E-state index in [1.165, 1.54) is 6.92 Å². The highest BCUT2D eigenvalue weighted by Gasteiger charge is 2.11. The SMILES string of the molecule is CC(=O)C(=C/c1ccc(N2CCOCC2)cc1)/C(C)=N/O. The highest BCUT2D eigenvalue weighted by atomic mass is 16.5. The quantitative estimate of drug-likeness (QED) is 0.400. The van der Waals surface area contributed by atoms with Crippen molar-refractivity contribution in [1.82, 2.24) is 0 Å². The Morgan fingerprint density at radius 3 is 2.38 bits per heavy atom. The Labute approximate surface area is 124 Å². The number of carbonyl (C=O) groups is 1. The van der Waals surface area contributed by atoms with Gasteiger partial charge in [0.15, 0.2) is 5.78 Å². The maximum atomic E-state index is 11.6. The van der Waals surface area contributed by atoms with Crippen LogP contribution in [0.5, 0.6) is 0 Å². The Kier molecular flexibility index (Phi) is 5.11. The maximum Gasteiger partial charge on any atom is 0.161 e. The fraction of sp³-hybridized carbons (Fsp3) is 0.375. The second-order valence-electron chi connectivity index (χ2n) is 4.99. The fourth-order valence-electron chi connectivity index (χ4n) is 2.28. The molecule has 1 fully saturated rings. The summed E-state index contributed by atoms with van der Waals surface area (Å²) in [6.45, 7) is 6.36. The molecule has 1 saturated heterocycles. The summed E-state index contributed by atoms with van der Waals surface area (Å²) in [5.74, 6) is -0.123. The van der Waals surface area contributed by atoms with Crippen LogP contribution >= 0.6 is 0 Å². The molecule has 112 valence electrons. The van der Waals surface area contributed by atoms with Gasteiger partial charge < -0.3 is 14.8 Å². The summed E-state index contributed by atoms with van der Waals surface area (Å²) < 4.78 is 5.34. The number of ketones is 1. The zero-order valence-electron chi connectivity index (χ0n) is 12.4. The number of morpholine rings is 1. The number of allylic oxidation sites excluding steroid dienone is 1. The lowest BCUT2D eigenvalue weighted by atomic mass is 10.0. The zero-order valence-corrected chi connectivity index (χ0v) is 12.4. The molecular formula is C16H20N2O3. The van der Waals surface area contributed by atoms with Crippen molar-refractivity contribution in [2.75, 3.05) is 31.2 Å². The van der Waals surface area contributed by atoms with E-state index in [9.17, 15) is 4.79 Å². The monoisotopic (exact) mass is 288 g/mol. The zero-order chi connectivity index (χ0) is 15.2. The van der Waals surface area contributed by atoms with Gasteiger partial charge in [0.25, 0.3) is 0 Å². The van der Waals surface area contributed by atoms with Crippen molar-refractivity contribution in [3.8, 4) is 0 Å². The van der Waals surface area contributed by atoms with E-state index in [1.807, 2.05) is 24.3 Å². The van der Waals surface area contributed by atoms with Gasteiger partial charge in [0, 0.05) is 24.4 Å². The van der Waals surface area contributed by atoms with E-state index < -0.39 is 0 Å². The number of nitrogens with zero attached hydrogens (tertiary/aromatic N) is 2. The van der Waals surface area contributed by atoms with E-state index in [4.69, 9.17) is 9.94 Å². The molecule has 1 aromatic carbocycles. The van der Waals surface area contributed by atoms with Crippen molar-refractivity contribution < 1.29 is 14.7 Å². The lowest BCUT2D eigenvalue weighted by Crippen LogP contribution is -2.36. The Morgan fingerprint density at radius 1 is 1.24 bits per heavy atom. The maximum absolute atomic E-state index is 11.6. The molecule has 0 spiro atoms. The number of hydrogen-bond donors (Lipinski definition) is 1. The molecule has 2 rings (SSSR count). The second kappa shape index (κ2) is 7.04. The number of oxime groups is 1. The molecule has 1 aliphatic rings. The van der Waals surface area contributed by atoms with Crippen LogP contribution in [0.25, 0.3) is 6.08 Å². The topological polar surface area (TPSA) is 62.1 Å². The average Bonchev–Trinajstić information content (AvgIpc) is 2.53. The molecule has 0 aliphatic carbocycles. The van der Waals surface area contributed by atoms with Crippen LogP contribution in [0.2, 0.25) is 0 Å². The Morgan fingerprint density at radius 2 is 1.86 bits per heavy atom. The van der Waals surface area contributed by atoms with E-state index in [1.54, 1.807) is 13.0 Å².